The molecule has 1 aliphatic rings. The van der Waals surface area contributed by atoms with Crippen molar-refractivity contribution in [3.8, 4) is 0 Å². The molecule has 0 spiro atoms. The molecule has 0 radical (unpaired) electrons. The highest BCUT2D eigenvalue weighted by Gasteiger charge is 2.24. The SMILES string of the molecule is CNCC(COC)N(C)C1CCOCC1. The summed E-state index contributed by atoms with van der Waals surface area (Å²) >= 11 is 0. The van der Waals surface area contributed by atoms with E-state index in [4.69, 9.17) is 9.47 Å². The van der Waals surface area contributed by atoms with Crippen LogP contribution in [0.2, 0.25) is 0 Å². The van der Waals surface area contributed by atoms with E-state index in [1.807, 2.05) is 7.05 Å². The number of nitrogens with zero attached hydrogens (tertiary/aromatic N) is 1. The maximum absolute atomic E-state index is 5.38. The summed E-state index contributed by atoms with van der Waals surface area (Å²) in [5.41, 5.74) is 0. The molecule has 1 saturated heterocycles. The molecule has 4 nitrogen and oxygen atoms in total. The van der Waals surface area contributed by atoms with Crippen molar-refractivity contribution in [3.63, 3.8) is 0 Å². The van der Waals surface area contributed by atoms with Gasteiger partial charge in [-0.25, -0.2) is 0 Å². The number of likely N-dealkylation sites (N-methyl/N-ethyl adjacent to an activating group) is 2. The first kappa shape index (κ1) is 12.9. The van der Waals surface area contributed by atoms with Crippen LogP contribution >= 0.6 is 0 Å². The lowest BCUT2D eigenvalue weighted by atomic mass is 10.1. The van der Waals surface area contributed by atoms with E-state index in [0.717, 1.165) is 39.2 Å². The van der Waals surface area contributed by atoms with Gasteiger partial charge >= 0.3 is 0 Å². The Morgan fingerprint density at radius 3 is 2.67 bits per heavy atom. The quantitative estimate of drug-likeness (QED) is 0.694. The van der Waals surface area contributed by atoms with E-state index in [2.05, 4.69) is 17.3 Å². The van der Waals surface area contributed by atoms with Gasteiger partial charge in [0, 0.05) is 39.0 Å². The van der Waals surface area contributed by atoms with Crippen LogP contribution in [0.15, 0.2) is 0 Å². The van der Waals surface area contributed by atoms with Gasteiger partial charge in [0.2, 0.25) is 0 Å². The van der Waals surface area contributed by atoms with Gasteiger partial charge in [-0.05, 0) is 26.9 Å². The van der Waals surface area contributed by atoms with Crippen LogP contribution in [0.1, 0.15) is 12.8 Å². The molecule has 1 N–H and O–H groups in total. The molecule has 1 unspecified atom stereocenters. The van der Waals surface area contributed by atoms with E-state index in [1.165, 1.54) is 0 Å². The van der Waals surface area contributed by atoms with E-state index < -0.39 is 0 Å². The van der Waals surface area contributed by atoms with E-state index in [1.54, 1.807) is 7.11 Å². The van der Waals surface area contributed by atoms with Crippen molar-refractivity contribution < 1.29 is 9.47 Å². The minimum absolute atomic E-state index is 0.461. The number of hydrogen-bond donors (Lipinski definition) is 1. The highest BCUT2D eigenvalue weighted by atomic mass is 16.5. The lowest BCUT2D eigenvalue weighted by molar-refractivity contribution is 0.0118. The topological polar surface area (TPSA) is 33.7 Å². The summed E-state index contributed by atoms with van der Waals surface area (Å²) in [4.78, 5) is 2.43. The molecule has 4 heteroatoms. The van der Waals surface area contributed by atoms with Gasteiger partial charge in [0.05, 0.1) is 6.61 Å². The van der Waals surface area contributed by atoms with Gasteiger partial charge < -0.3 is 14.8 Å². The van der Waals surface area contributed by atoms with Crippen molar-refractivity contribution in [3.05, 3.63) is 0 Å². The maximum Gasteiger partial charge on any atom is 0.0630 e. The Morgan fingerprint density at radius 1 is 1.47 bits per heavy atom. The zero-order valence-corrected chi connectivity index (χ0v) is 10.2. The van der Waals surface area contributed by atoms with Crippen LogP contribution in [0.5, 0.6) is 0 Å². The van der Waals surface area contributed by atoms with Crippen molar-refractivity contribution in [1.82, 2.24) is 10.2 Å². The van der Waals surface area contributed by atoms with Gasteiger partial charge in [0.15, 0.2) is 0 Å². The van der Waals surface area contributed by atoms with Crippen molar-refractivity contribution in [2.75, 3.05) is 47.6 Å². The average molecular weight is 216 g/mol. The van der Waals surface area contributed by atoms with Crippen LogP contribution in [0.3, 0.4) is 0 Å². The van der Waals surface area contributed by atoms with Gasteiger partial charge in [-0.3, -0.25) is 4.90 Å². The van der Waals surface area contributed by atoms with Crippen LogP contribution in [0, 0.1) is 0 Å². The third kappa shape index (κ3) is 4.07. The fourth-order valence-corrected chi connectivity index (χ4v) is 2.14. The first-order valence-corrected chi connectivity index (χ1v) is 5.72. The summed E-state index contributed by atoms with van der Waals surface area (Å²) in [5, 5.41) is 3.22. The van der Waals surface area contributed by atoms with Crippen molar-refractivity contribution >= 4 is 0 Å². The standard InChI is InChI=1S/C11H24N2O2/c1-12-8-11(9-14-3)13(2)10-4-6-15-7-5-10/h10-12H,4-9H2,1-3H3. The Hall–Kier alpha value is -0.160. The average Bonchev–Trinajstić information content (AvgIpc) is 2.29. The number of ether oxygens (including phenoxy) is 2. The minimum atomic E-state index is 0.461. The summed E-state index contributed by atoms with van der Waals surface area (Å²) in [6.07, 6.45) is 2.28. The lowest BCUT2D eigenvalue weighted by Crippen LogP contribution is -2.49. The number of hydrogen-bond acceptors (Lipinski definition) is 4. The summed E-state index contributed by atoms with van der Waals surface area (Å²) in [7, 11) is 5.94. The Balaban J connectivity index is 2.41. The molecular formula is C11H24N2O2. The smallest absolute Gasteiger partial charge is 0.0630 e. The first-order chi connectivity index (χ1) is 7.29. The molecule has 1 aliphatic heterocycles. The van der Waals surface area contributed by atoms with Crippen LogP contribution in [-0.4, -0.2) is 64.6 Å². The zero-order chi connectivity index (χ0) is 11.1. The molecule has 1 atom stereocenters. The summed E-state index contributed by atoms with van der Waals surface area (Å²) in [6.45, 7) is 3.55. The van der Waals surface area contributed by atoms with E-state index in [0.29, 0.717) is 12.1 Å². The van der Waals surface area contributed by atoms with E-state index in [9.17, 15) is 0 Å². The van der Waals surface area contributed by atoms with Crippen LogP contribution in [-0.2, 0) is 9.47 Å². The second kappa shape index (κ2) is 7.17. The molecular weight excluding hydrogens is 192 g/mol. The maximum atomic E-state index is 5.38. The highest BCUT2D eigenvalue weighted by Crippen LogP contribution is 2.15. The predicted molar refractivity (Wildman–Crippen MR) is 61.2 cm³/mol. The highest BCUT2D eigenvalue weighted by molar-refractivity contribution is 4.79. The fourth-order valence-electron chi connectivity index (χ4n) is 2.14. The first-order valence-electron chi connectivity index (χ1n) is 5.72. The van der Waals surface area contributed by atoms with E-state index in [-0.39, 0.29) is 0 Å². The monoisotopic (exact) mass is 216 g/mol. The zero-order valence-electron chi connectivity index (χ0n) is 10.2. The Kier molecular flexibility index (Phi) is 6.17. The van der Waals surface area contributed by atoms with Crippen LogP contribution in [0.25, 0.3) is 0 Å². The lowest BCUT2D eigenvalue weighted by Gasteiger charge is -2.36. The molecule has 90 valence electrons. The largest absolute Gasteiger partial charge is 0.383 e. The third-order valence-electron chi connectivity index (χ3n) is 3.14. The summed E-state index contributed by atoms with van der Waals surface area (Å²) in [6, 6.07) is 1.11. The molecule has 0 amide bonds. The molecule has 0 aliphatic carbocycles. The second-order valence-corrected chi connectivity index (χ2v) is 4.18. The summed E-state index contributed by atoms with van der Waals surface area (Å²) in [5.74, 6) is 0. The molecule has 0 saturated carbocycles. The Bertz CT molecular complexity index is 155. The molecule has 1 rings (SSSR count). The molecule has 15 heavy (non-hydrogen) atoms. The van der Waals surface area contributed by atoms with Crippen molar-refractivity contribution in [2.45, 2.75) is 24.9 Å². The number of rotatable bonds is 6. The predicted octanol–water partition coefficient (Wildman–Crippen LogP) is 0.332. The van der Waals surface area contributed by atoms with Gasteiger partial charge in [0.1, 0.15) is 0 Å². The fraction of sp³-hybridized carbons (Fsp3) is 1.00. The molecule has 1 heterocycles. The van der Waals surface area contributed by atoms with Crippen LogP contribution < -0.4 is 5.32 Å². The molecule has 0 aromatic rings. The normalized spacial score (nSPS) is 20.8. The Labute approximate surface area is 92.9 Å². The van der Waals surface area contributed by atoms with Crippen molar-refractivity contribution in [2.24, 2.45) is 0 Å². The minimum Gasteiger partial charge on any atom is -0.383 e. The summed E-state index contributed by atoms with van der Waals surface area (Å²) < 4.78 is 10.6. The van der Waals surface area contributed by atoms with E-state index >= 15 is 0 Å². The van der Waals surface area contributed by atoms with Crippen LogP contribution in [0.4, 0.5) is 0 Å². The molecule has 0 bridgehead atoms. The Morgan fingerprint density at radius 2 is 2.13 bits per heavy atom. The van der Waals surface area contributed by atoms with Gasteiger partial charge in [-0.2, -0.15) is 0 Å². The third-order valence-corrected chi connectivity index (χ3v) is 3.14. The second-order valence-electron chi connectivity index (χ2n) is 4.18. The van der Waals surface area contributed by atoms with Crippen molar-refractivity contribution in [1.29, 1.82) is 0 Å². The number of nitrogens with one attached hydrogen (secondary N) is 1. The van der Waals surface area contributed by atoms with Gasteiger partial charge in [-0.1, -0.05) is 0 Å². The van der Waals surface area contributed by atoms with Gasteiger partial charge in [0.25, 0.3) is 0 Å². The molecule has 0 aromatic carbocycles. The van der Waals surface area contributed by atoms with Gasteiger partial charge in [-0.15, -0.1) is 0 Å². The molecule has 0 aromatic heterocycles. The number of methoxy groups -OCH3 is 1. The molecule has 1 fully saturated rings.